The summed E-state index contributed by atoms with van der Waals surface area (Å²) in [5, 5.41) is 3.06. The molecule has 2 aromatic rings. The molecule has 0 radical (unpaired) electrons. The van der Waals surface area contributed by atoms with Gasteiger partial charge in [0.25, 0.3) is 17.7 Å². The minimum absolute atomic E-state index is 0.120. The van der Waals surface area contributed by atoms with Crippen molar-refractivity contribution in [1.29, 1.82) is 0 Å². The van der Waals surface area contributed by atoms with Crippen LogP contribution in [0, 0.1) is 0 Å². The van der Waals surface area contributed by atoms with Crippen LogP contribution in [0.3, 0.4) is 0 Å². The van der Waals surface area contributed by atoms with Crippen molar-refractivity contribution in [2.45, 2.75) is 31.7 Å². The van der Waals surface area contributed by atoms with Crippen LogP contribution in [0.15, 0.2) is 47.1 Å². The second kappa shape index (κ2) is 8.51. The number of furan rings is 1. The van der Waals surface area contributed by atoms with Crippen LogP contribution in [0.25, 0.3) is 0 Å². The van der Waals surface area contributed by atoms with Crippen LogP contribution in [-0.4, -0.2) is 59.7 Å². The Balaban J connectivity index is 1.36. The summed E-state index contributed by atoms with van der Waals surface area (Å²) in [5.41, 5.74) is 1.00. The Morgan fingerprint density at radius 3 is 2.17 bits per heavy atom. The van der Waals surface area contributed by atoms with Gasteiger partial charge in [0.1, 0.15) is 0 Å². The van der Waals surface area contributed by atoms with Gasteiger partial charge in [0.05, 0.1) is 6.26 Å². The summed E-state index contributed by atoms with van der Waals surface area (Å²) in [6.45, 7) is 1.80. The zero-order chi connectivity index (χ0) is 20.2. The van der Waals surface area contributed by atoms with Crippen LogP contribution >= 0.6 is 0 Å². The lowest BCUT2D eigenvalue weighted by atomic mass is 10.1. The van der Waals surface area contributed by atoms with Gasteiger partial charge in [-0.3, -0.25) is 14.4 Å². The standard InChI is InChI=1S/C22H25N3O4/c26-20(23-18-7-1-2-8-18)16-5-3-6-17(15-16)21(27)24-10-12-25(13-11-24)22(28)19-9-4-14-29-19/h3-6,9,14-15,18H,1-2,7-8,10-13H2,(H,23,26). The first-order valence-electron chi connectivity index (χ1n) is 10.1. The van der Waals surface area contributed by atoms with E-state index in [9.17, 15) is 14.4 Å². The zero-order valence-electron chi connectivity index (χ0n) is 16.3. The van der Waals surface area contributed by atoms with Crippen molar-refractivity contribution < 1.29 is 18.8 Å². The fraction of sp³-hybridized carbons (Fsp3) is 0.409. The summed E-state index contributed by atoms with van der Waals surface area (Å²) in [5.74, 6) is -0.0931. The third-order valence-corrected chi connectivity index (χ3v) is 5.65. The fourth-order valence-corrected chi connectivity index (χ4v) is 3.98. The van der Waals surface area contributed by atoms with Crippen molar-refractivity contribution in [3.8, 4) is 0 Å². The van der Waals surface area contributed by atoms with Gasteiger partial charge in [-0.05, 0) is 43.2 Å². The highest BCUT2D eigenvalue weighted by Crippen LogP contribution is 2.19. The van der Waals surface area contributed by atoms with Crippen molar-refractivity contribution in [2.24, 2.45) is 0 Å². The fourth-order valence-electron chi connectivity index (χ4n) is 3.98. The predicted molar refractivity (Wildman–Crippen MR) is 107 cm³/mol. The average Bonchev–Trinajstić information content (AvgIpc) is 3.47. The maximum atomic E-state index is 12.9. The van der Waals surface area contributed by atoms with Crippen LogP contribution in [0.5, 0.6) is 0 Å². The van der Waals surface area contributed by atoms with E-state index in [2.05, 4.69) is 5.32 Å². The maximum Gasteiger partial charge on any atom is 0.289 e. The van der Waals surface area contributed by atoms with Gasteiger partial charge in [0, 0.05) is 43.3 Å². The summed E-state index contributed by atoms with van der Waals surface area (Å²) in [6, 6.07) is 10.4. The summed E-state index contributed by atoms with van der Waals surface area (Å²) < 4.78 is 5.17. The van der Waals surface area contributed by atoms with Gasteiger partial charge >= 0.3 is 0 Å². The number of hydrogen-bond donors (Lipinski definition) is 1. The number of benzene rings is 1. The van der Waals surface area contributed by atoms with E-state index >= 15 is 0 Å². The van der Waals surface area contributed by atoms with Crippen LogP contribution in [0.1, 0.15) is 57.0 Å². The number of piperazine rings is 1. The lowest BCUT2D eigenvalue weighted by Crippen LogP contribution is -2.50. The van der Waals surface area contributed by atoms with E-state index in [4.69, 9.17) is 4.42 Å². The molecule has 1 saturated heterocycles. The second-order valence-corrected chi connectivity index (χ2v) is 7.60. The van der Waals surface area contributed by atoms with Gasteiger partial charge < -0.3 is 19.5 Å². The van der Waals surface area contributed by atoms with E-state index in [-0.39, 0.29) is 23.8 Å². The Kier molecular flexibility index (Phi) is 5.64. The highest BCUT2D eigenvalue weighted by molar-refractivity contribution is 6.00. The Labute approximate surface area is 169 Å². The maximum absolute atomic E-state index is 12.9. The molecule has 1 saturated carbocycles. The van der Waals surface area contributed by atoms with E-state index in [1.54, 1.807) is 46.2 Å². The molecule has 1 aromatic heterocycles. The summed E-state index contributed by atoms with van der Waals surface area (Å²) in [7, 11) is 0. The van der Waals surface area contributed by atoms with E-state index in [1.165, 1.54) is 6.26 Å². The first kappa shape index (κ1) is 19.2. The zero-order valence-corrected chi connectivity index (χ0v) is 16.3. The molecule has 7 nitrogen and oxygen atoms in total. The summed E-state index contributed by atoms with van der Waals surface area (Å²) >= 11 is 0. The molecule has 4 rings (SSSR count). The van der Waals surface area contributed by atoms with Gasteiger partial charge in [-0.25, -0.2) is 0 Å². The smallest absolute Gasteiger partial charge is 0.289 e. The number of nitrogens with one attached hydrogen (secondary N) is 1. The molecule has 1 aromatic carbocycles. The average molecular weight is 395 g/mol. The molecule has 0 atom stereocenters. The molecule has 152 valence electrons. The first-order chi connectivity index (χ1) is 14.1. The summed E-state index contributed by atoms with van der Waals surface area (Å²) in [6.07, 6.45) is 5.81. The molecular formula is C22H25N3O4. The first-order valence-corrected chi connectivity index (χ1v) is 10.1. The van der Waals surface area contributed by atoms with E-state index < -0.39 is 0 Å². The van der Waals surface area contributed by atoms with Crippen LogP contribution < -0.4 is 5.32 Å². The molecule has 1 N–H and O–H groups in total. The number of carbonyl (C=O) groups is 3. The number of rotatable bonds is 4. The van der Waals surface area contributed by atoms with Crippen LogP contribution in [0.4, 0.5) is 0 Å². The highest BCUT2D eigenvalue weighted by Gasteiger charge is 2.27. The molecule has 0 bridgehead atoms. The third kappa shape index (κ3) is 4.34. The molecule has 0 spiro atoms. The van der Waals surface area contributed by atoms with Crippen molar-refractivity contribution in [3.63, 3.8) is 0 Å². The highest BCUT2D eigenvalue weighted by atomic mass is 16.3. The number of amides is 3. The van der Waals surface area contributed by atoms with Crippen molar-refractivity contribution >= 4 is 17.7 Å². The second-order valence-electron chi connectivity index (χ2n) is 7.60. The number of hydrogen-bond acceptors (Lipinski definition) is 4. The Bertz CT molecular complexity index is 879. The van der Waals surface area contributed by atoms with Gasteiger partial charge in [0.2, 0.25) is 0 Å². The van der Waals surface area contributed by atoms with E-state index in [0.29, 0.717) is 43.1 Å². The predicted octanol–water partition coefficient (Wildman–Crippen LogP) is 2.55. The molecule has 2 aliphatic rings. The quantitative estimate of drug-likeness (QED) is 0.863. The Morgan fingerprint density at radius 1 is 0.862 bits per heavy atom. The number of carbonyl (C=O) groups excluding carboxylic acids is 3. The molecule has 3 amide bonds. The lowest BCUT2D eigenvalue weighted by Gasteiger charge is -2.34. The molecule has 2 fully saturated rings. The minimum atomic E-state index is -0.160. The van der Waals surface area contributed by atoms with Crippen LogP contribution in [0.2, 0.25) is 0 Å². The van der Waals surface area contributed by atoms with Crippen LogP contribution in [-0.2, 0) is 0 Å². The Hall–Kier alpha value is -3.09. The molecular weight excluding hydrogens is 370 g/mol. The van der Waals surface area contributed by atoms with Crippen molar-refractivity contribution in [3.05, 3.63) is 59.5 Å². The third-order valence-electron chi connectivity index (χ3n) is 5.65. The molecule has 0 unspecified atom stereocenters. The number of nitrogens with zero attached hydrogens (tertiary/aromatic N) is 2. The lowest BCUT2D eigenvalue weighted by molar-refractivity contribution is 0.0518. The SMILES string of the molecule is O=C(NC1CCCC1)c1cccc(C(=O)N2CCN(C(=O)c3ccco3)CC2)c1. The van der Waals surface area contributed by atoms with Crippen molar-refractivity contribution in [1.82, 2.24) is 15.1 Å². The molecule has 1 aliphatic heterocycles. The van der Waals surface area contributed by atoms with Gasteiger partial charge in [-0.15, -0.1) is 0 Å². The summed E-state index contributed by atoms with van der Waals surface area (Å²) in [4.78, 5) is 41.2. The largest absolute Gasteiger partial charge is 0.459 e. The monoisotopic (exact) mass is 395 g/mol. The minimum Gasteiger partial charge on any atom is -0.459 e. The van der Waals surface area contributed by atoms with Crippen molar-refractivity contribution in [2.75, 3.05) is 26.2 Å². The molecule has 2 heterocycles. The molecule has 1 aliphatic carbocycles. The van der Waals surface area contributed by atoms with E-state index in [1.807, 2.05) is 0 Å². The van der Waals surface area contributed by atoms with E-state index in [0.717, 1.165) is 25.7 Å². The van der Waals surface area contributed by atoms with Gasteiger partial charge in [0.15, 0.2) is 5.76 Å². The van der Waals surface area contributed by atoms with Gasteiger partial charge in [-0.2, -0.15) is 0 Å². The normalized spacial score (nSPS) is 17.4. The molecule has 7 heteroatoms. The topological polar surface area (TPSA) is 82.9 Å². The molecule has 29 heavy (non-hydrogen) atoms. The Morgan fingerprint density at radius 2 is 1.52 bits per heavy atom. The van der Waals surface area contributed by atoms with Gasteiger partial charge in [-0.1, -0.05) is 18.9 Å².